The van der Waals surface area contributed by atoms with Crippen LogP contribution in [0, 0.1) is 5.41 Å². The van der Waals surface area contributed by atoms with Crippen LogP contribution in [0.5, 0.6) is 0 Å². The zero-order valence-corrected chi connectivity index (χ0v) is 11.3. The van der Waals surface area contributed by atoms with Gasteiger partial charge in [0.1, 0.15) is 11.7 Å². The molecule has 0 fully saturated rings. The fraction of sp³-hybridized carbons (Fsp3) is 0.250. The van der Waals surface area contributed by atoms with Crippen molar-refractivity contribution < 1.29 is 0 Å². The lowest BCUT2D eigenvalue weighted by molar-refractivity contribution is 0.754. The van der Waals surface area contributed by atoms with Crippen LogP contribution >= 0.6 is 0 Å². The van der Waals surface area contributed by atoms with Crippen molar-refractivity contribution >= 4 is 11.7 Å². The summed E-state index contributed by atoms with van der Waals surface area (Å²) in [6.45, 7) is 1.84. The van der Waals surface area contributed by atoms with Gasteiger partial charge in [-0.25, -0.2) is 4.98 Å². The van der Waals surface area contributed by atoms with E-state index in [2.05, 4.69) is 34.1 Å². The normalized spacial score (nSPS) is 14.5. The second-order valence-corrected chi connectivity index (χ2v) is 5.11. The van der Waals surface area contributed by atoms with Crippen molar-refractivity contribution in [2.45, 2.75) is 19.4 Å². The van der Waals surface area contributed by atoms with Crippen LogP contribution in [0.25, 0.3) is 0 Å². The first-order valence-electron chi connectivity index (χ1n) is 6.86. The third-order valence-corrected chi connectivity index (χ3v) is 3.73. The van der Waals surface area contributed by atoms with Crippen molar-refractivity contribution in [1.29, 1.82) is 5.41 Å². The van der Waals surface area contributed by atoms with Crippen molar-refractivity contribution in [1.82, 2.24) is 4.98 Å². The van der Waals surface area contributed by atoms with Crippen LogP contribution in [-0.2, 0) is 13.0 Å². The largest absolute Gasteiger partial charge is 0.384 e. The van der Waals surface area contributed by atoms with Gasteiger partial charge in [-0.15, -0.1) is 0 Å². The van der Waals surface area contributed by atoms with Gasteiger partial charge in [0.2, 0.25) is 0 Å². The van der Waals surface area contributed by atoms with Gasteiger partial charge in [0, 0.05) is 24.8 Å². The van der Waals surface area contributed by atoms with Crippen LogP contribution in [0.15, 0.2) is 42.6 Å². The fourth-order valence-corrected chi connectivity index (χ4v) is 2.66. The van der Waals surface area contributed by atoms with Gasteiger partial charge < -0.3 is 10.6 Å². The van der Waals surface area contributed by atoms with Crippen LogP contribution < -0.4 is 10.6 Å². The quantitative estimate of drug-likeness (QED) is 0.647. The summed E-state index contributed by atoms with van der Waals surface area (Å²) in [5.74, 6) is 0.985. The monoisotopic (exact) mass is 266 g/mol. The molecular formula is C16H18N4. The van der Waals surface area contributed by atoms with Crippen molar-refractivity contribution in [2.75, 3.05) is 11.4 Å². The third-order valence-electron chi connectivity index (χ3n) is 3.73. The molecule has 4 heteroatoms. The molecule has 4 nitrogen and oxygen atoms in total. The molecule has 0 atom stereocenters. The molecule has 3 N–H and O–H groups in total. The van der Waals surface area contributed by atoms with Crippen molar-refractivity contribution in [3.8, 4) is 0 Å². The molecule has 0 aliphatic carbocycles. The van der Waals surface area contributed by atoms with Gasteiger partial charge in [0.25, 0.3) is 0 Å². The molecule has 102 valence electrons. The molecule has 0 saturated carbocycles. The Morgan fingerprint density at radius 1 is 1.20 bits per heavy atom. The maximum atomic E-state index is 7.54. The molecule has 1 aromatic carbocycles. The zero-order chi connectivity index (χ0) is 13.9. The molecular weight excluding hydrogens is 248 g/mol. The highest BCUT2D eigenvalue weighted by Gasteiger charge is 2.15. The number of hydrogen-bond donors (Lipinski definition) is 2. The number of anilines is 1. The predicted molar refractivity (Wildman–Crippen MR) is 81.1 cm³/mol. The predicted octanol–water partition coefficient (Wildman–Crippen LogP) is 2.32. The molecule has 20 heavy (non-hydrogen) atoms. The Morgan fingerprint density at radius 3 is 2.80 bits per heavy atom. The summed E-state index contributed by atoms with van der Waals surface area (Å²) in [5.41, 5.74) is 9.08. The van der Waals surface area contributed by atoms with E-state index in [-0.39, 0.29) is 5.84 Å². The molecule has 1 aliphatic rings. The first-order valence-corrected chi connectivity index (χ1v) is 6.86. The van der Waals surface area contributed by atoms with E-state index in [4.69, 9.17) is 11.1 Å². The Hall–Kier alpha value is -2.36. The number of aryl methyl sites for hydroxylation is 1. The van der Waals surface area contributed by atoms with Gasteiger partial charge in [0.05, 0.1) is 0 Å². The van der Waals surface area contributed by atoms with Gasteiger partial charge >= 0.3 is 0 Å². The average molecular weight is 266 g/mol. The number of fused-ring (bicyclic) bond motifs is 1. The second kappa shape index (κ2) is 5.33. The lowest BCUT2D eigenvalue weighted by Crippen LogP contribution is -2.24. The van der Waals surface area contributed by atoms with E-state index in [0.717, 1.165) is 37.3 Å². The highest BCUT2D eigenvalue weighted by atomic mass is 15.2. The molecule has 1 aromatic heterocycles. The topological polar surface area (TPSA) is 66.0 Å². The van der Waals surface area contributed by atoms with Gasteiger partial charge in [-0.3, -0.25) is 5.41 Å². The summed E-state index contributed by atoms with van der Waals surface area (Å²) in [4.78, 5) is 6.70. The smallest absolute Gasteiger partial charge is 0.129 e. The van der Waals surface area contributed by atoms with Crippen molar-refractivity contribution in [3.05, 3.63) is 59.3 Å². The van der Waals surface area contributed by atoms with E-state index >= 15 is 0 Å². The number of nitrogens with one attached hydrogen (secondary N) is 1. The number of nitrogen functional groups attached to an aromatic ring is 1. The molecule has 3 rings (SSSR count). The van der Waals surface area contributed by atoms with Crippen LogP contribution in [0.1, 0.15) is 23.1 Å². The van der Waals surface area contributed by atoms with E-state index in [1.807, 2.05) is 6.07 Å². The Labute approximate surface area is 118 Å². The van der Waals surface area contributed by atoms with E-state index < -0.39 is 0 Å². The fourth-order valence-electron chi connectivity index (χ4n) is 2.66. The van der Waals surface area contributed by atoms with Gasteiger partial charge in [0.15, 0.2) is 0 Å². The van der Waals surface area contributed by atoms with E-state index in [1.54, 1.807) is 12.3 Å². The standard InChI is InChI=1S/C16H18N4/c17-16(18)13-7-8-19-15(10-13)20-9-3-6-12-4-1-2-5-14(12)11-20/h1-2,4-5,7-8,10H,3,6,9,11H2,(H3,17,18). The van der Waals surface area contributed by atoms with E-state index in [9.17, 15) is 0 Å². The summed E-state index contributed by atoms with van der Waals surface area (Å²) in [6.07, 6.45) is 3.95. The number of aromatic nitrogens is 1. The maximum absolute atomic E-state index is 7.54. The lowest BCUT2D eigenvalue weighted by atomic mass is 10.0. The Kier molecular flexibility index (Phi) is 3.37. The summed E-state index contributed by atoms with van der Waals surface area (Å²) in [5, 5.41) is 7.54. The summed E-state index contributed by atoms with van der Waals surface area (Å²) in [6, 6.07) is 12.2. The summed E-state index contributed by atoms with van der Waals surface area (Å²) in [7, 11) is 0. The molecule has 0 saturated heterocycles. The van der Waals surface area contributed by atoms with E-state index in [0.29, 0.717) is 0 Å². The zero-order valence-electron chi connectivity index (χ0n) is 11.3. The maximum Gasteiger partial charge on any atom is 0.129 e. The second-order valence-electron chi connectivity index (χ2n) is 5.11. The lowest BCUT2D eigenvalue weighted by Gasteiger charge is -2.22. The summed E-state index contributed by atoms with van der Waals surface area (Å²) < 4.78 is 0. The Morgan fingerprint density at radius 2 is 2.00 bits per heavy atom. The number of nitrogens with two attached hydrogens (primary N) is 1. The number of pyridine rings is 1. The van der Waals surface area contributed by atoms with Crippen molar-refractivity contribution in [3.63, 3.8) is 0 Å². The molecule has 2 heterocycles. The van der Waals surface area contributed by atoms with Crippen LogP contribution in [-0.4, -0.2) is 17.4 Å². The molecule has 2 aromatic rings. The van der Waals surface area contributed by atoms with Gasteiger partial charge in [-0.1, -0.05) is 24.3 Å². The molecule has 0 bridgehead atoms. The molecule has 0 unspecified atom stereocenters. The van der Waals surface area contributed by atoms with Gasteiger partial charge in [-0.05, 0) is 36.1 Å². The first-order chi connectivity index (χ1) is 9.74. The minimum absolute atomic E-state index is 0.0869. The highest BCUT2D eigenvalue weighted by molar-refractivity contribution is 5.95. The molecule has 0 spiro atoms. The Bertz CT molecular complexity index is 636. The molecule has 0 radical (unpaired) electrons. The minimum Gasteiger partial charge on any atom is -0.384 e. The average Bonchev–Trinajstić information content (AvgIpc) is 2.69. The van der Waals surface area contributed by atoms with Crippen molar-refractivity contribution in [2.24, 2.45) is 5.73 Å². The first kappa shape index (κ1) is 12.7. The van der Waals surface area contributed by atoms with Crippen LogP contribution in [0.2, 0.25) is 0 Å². The number of benzene rings is 1. The SMILES string of the molecule is N=C(N)c1ccnc(N2CCCc3ccccc3C2)c1. The number of rotatable bonds is 2. The molecule has 1 aliphatic heterocycles. The summed E-state index contributed by atoms with van der Waals surface area (Å²) >= 11 is 0. The van der Waals surface area contributed by atoms with Crippen LogP contribution in [0.3, 0.4) is 0 Å². The third kappa shape index (κ3) is 2.50. The minimum atomic E-state index is 0.0869. The number of hydrogen-bond acceptors (Lipinski definition) is 3. The van der Waals surface area contributed by atoms with Crippen LogP contribution in [0.4, 0.5) is 5.82 Å². The Balaban J connectivity index is 1.91. The van der Waals surface area contributed by atoms with E-state index in [1.165, 1.54) is 11.1 Å². The number of amidine groups is 1. The highest BCUT2D eigenvalue weighted by Crippen LogP contribution is 2.22. The number of nitrogens with zero attached hydrogens (tertiary/aromatic N) is 2. The van der Waals surface area contributed by atoms with Gasteiger partial charge in [-0.2, -0.15) is 0 Å². The molecule has 0 amide bonds.